The van der Waals surface area contributed by atoms with E-state index in [0.717, 1.165) is 31.8 Å². The maximum absolute atomic E-state index is 11.7. The number of ether oxygens (including phenoxy) is 2. The number of nitrogens with zero attached hydrogens (tertiary/aromatic N) is 1. The van der Waals surface area contributed by atoms with Crippen molar-refractivity contribution in [2.24, 2.45) is 5.92 Å². The number of rotatable bonds is 6. The molecule has 2 rings (SSSR count). The normalized spacial score (nSPS) is 19.0. The monoisotopic (exact) mass is 291 g/mol. The van der Waals surface area contributed by atoms with E-state index < -0.39 is 0 Å². The Morgan fingerprint density at radius 2 is 2.24 bits per heavy atom. The molecule has 0 bridgehead atoms. The number of likely N-dealkylation sites (tertiary alicyclic amines) is 1. The van der Waals surface area contributed by atoms with Gasteiger partial charge in [-0.25, -0.2) is 0 Å². The van der Waals surface area contributed by atoms with Gasteiger partial charge in [0.05, 0.1) is 13.2 Å². The lowest BCUT2D eigenvalue weighted by molar-refractivity contribution is -0.148. The molecule has 1 aliphatic heterocycles. The molecule has 1 fully saturated rings. The molecule has 116 valence electrons. The molecule has 0 spiro atoms. The Morgan fingerprint density at radius 3 is 2.95 bits per heavy atom. The van der Waals surface area contributed by atoms with Crippen molar-refractivity contribution in [2.45, 2.75) is 39.3 Å². The summed E-state index contributed by atoms with van der Waals surface area (Å²) in [6, 6.07) is 8.16. The van der Waals surface area contributed by atoms with Crippen molar-refractivity contribution in [3.63, 3.8) is 0 Å². The van der Waals surface area contributed by atoms with Crippen LogP contribution in [-0.4, -0.2) is 37.2 Å². The predicted octanol–water partition coefficient (Wildman–Crippen LogP) is 2.86. The van der Waals surface area contributed by atoms with Crippen molar-refractivity contribution in [1.82, 2.24) is 4.90 Å². The topological polar surface area (TPSA) is 38.8 Å². The molecule has 0 aromatic heterocycles. The fourth-order valence-electron chi connectivity index (χ4n) is 2.80. The van der Waals surface area contributed by atoms with Crippen LogP contribution < -0.4 is 4.74 Å². The minimum Gasteiger partial charge on any atom is -0.497 e. The largest absolute Gasteiger partial charge is 0.497 e. The maximum Gasteiger partial charge on any atom is 0.306 e. The van der Waals surface area contributed by atoms with E-state index in [1.165, 1.54) is 5.56 Å². The lowest BCUT2D eigenvalue weighted by atomic mass is 10.1. The molecular weight excluding hydrogens is 266 g/mol. The lowest BCUT2D eigenvalue weighted by Gasteiger charge is -2.16. The lowest BCUT2D eigenvalue weighted by Crippen LogP contribution is -2.22. The molecule has 1 atom stereocenters. The summed E-state index contributed by atoms with van der Waals surface area (Å²) in [6.45, 7) is 6.69. The third kappa shape index (κ3) is 5.05. The van der Waals surface area contributed by atoms with Gasteiger partial charge in [0.1, 0.15) is 5.75 Å². The van der Waals surface area contributed by atoms with Gasteiger partial charge >= 0.3 is 5.97 Å². The SMILES string of the molecule is COc1cccc(CN2CCC(CC(=O)OC(C)C)C2)c1. The summed E-state index contributed by atoms with van der Waals surface area (Å²) >= 11 is 0. The molecule has 0 amide bonds. The second-order valence-corrected chi connectivity index (χ2v) is 5.98. The Bertz CT molecular complexity index is 473. The van der Waals surface area contributed by atoms with Crippen LogP contribution in [-0.2, 0) is 16.1 Å². The Morgan fingerprint density at radius 1 is 1.43 bits per heavy atom. The fraction of sp³-hybridized carbons (Fsp3) is 0.588. The van der Waals surface area contributed by atoms with E-state index in [4.69, 9.17) is 9.47 Å². The van der Waals surface area contributed by atoms with Crippen molar-refractivity contribution in [3.8, 4) is 5.75 Å². The van der Waals surface area contributed by atoms with Crippen LogP contribution in [0.2, 0.25) is 0 Å². The highest BCUT2D eigenvalue weighted by Crippen LogP contribution is 2.23. The third-order valence-corrected chi connectivity index (χ3v) is 3.73. The molecule has 4 heteroatoms. The van der Waals surface area contributed by atoms with Gasteiger partial charge in [0.2, 0.25) is 0 Å². The summed E-state index contributed by atoms with van der Waals surface area (Å²) in [4.78, 5) is 14.1. The highest BCUT2D eigenvalue weighted by Gasteiger charge is 2.25. The Hall–Kier alpha value is -1.55. The van der Waals surface area contributed by atoms with Crippen molar-refractivity contribution < 1.29 is 14.3 Å². The quantitative estimate of drug-likeness (QED) is 0.756. The van der Waals surface area contributed by atoms with E-state index in [-0.39, 0.29) is 12.1 Å². The van der Waals surface area contributed by atoms with Crippen LogP contribution in [0.5, 0.6) is 5.75 Å². The second-order valence-electron chi connectivity index (χ2n) is 5.98. The Labute approximate surface area is 127 Å². The smallest absolute Gasteiger partial charge is 0.306 e. The number of methoxy groups -OCH3 is 1. The zero-order chi connectivity index (χ0) is 15.2. The van der Waals surface area contributed by atoms with Crippen molar-refractivity contribution >= 4 is 5.97 Å². The van der Waals surface area contributed by atoms with Crippen molar-refractivity contribution in [1.29, 1.82) is 0 Å². The average molecular weight is 291 g/mol. The average Bonchev–Trinajstić information content (AvgIpc) is 2.85. The highest BCUT2D eigenvalue weighted by atomic mass is 16.5. The summed E-state index contributed by atoms with van der Waals surface area (Å²) < 4.78 is 10.5. The van der Waals surface area contributed by atoms with Gasteiger partial charge in [0.15, 0.2) is 0 Å². The van der Waals surface area contributed by atoms with Gasteiger partial charge in [-0.3, -0.25) is 9.69 Å². The molecule has 0 radical (unpaired) electrons. The van der Waals surface area contributed by atoms with Gasteiger partial charge in [0, 0.05) is 19.5 Å². The van der Waals surface area contributed by atoms with E-state index in [0.29, 0.717) is 12.3 Å². The van der Waals surface area contributed by atoms with Crippen LogP contribution in [0.15, 0.2) is 24.3 Å². The first kappa shape index (κ1) is 15.8. The minimum absolute atomic E-state index is 0.0215. The molecule has 1 heterocycles. The van der Waals surface area contributed by atoms with Crippen LogP contribution in [0.4, 0.5) is 0 Å². The first-order valence-electron chi connectivity index (χ1n) is 7.61. The van der Waals surface area contributed by atoms with E-state index in [2.05, 4.69) is 17.0 Å². The van der Waals surface area contributed by atoms with Gasteiger partial charge in [-0.15, -0.1) is 0 Å². The van der Waals surface area contributed by atoms with Gasteiger partial charge < -0.3 is 9.47 Å². The number of esters is 1. The Kier molecular flexibility index (Phi) is 5.62. The standard InChI is InChI=1S/C17H25NO3/c1-13(2)21-17(19)10-15-7-8-18(12-15)11-14-5-4-6-16(9-14)20-3/h4-6,9,13,15H,7-8,10-12H2,1-3H3. The predicted molar refractivity (Wildman–Crippen MR) is 82.2 cm³/mol. The minimum atomic E-state index is -0.0711. The summed E-state index contributed by atoms with van der Waals surface area (Å²) in [5, 5.41) is 0. The molecular formula is C17H25NO3. The van der Waals surface area contributed by atoms with Crippen molar-refractivity contribution in [3.05, 3.63) is 29.8 Å². The second kappa shape index (κ2) is 7.46. The molecule has 1 aromatic rings. The van der Waals surface area contributed by atoms with Gasteiger partial charge in [-0.1, -0.05) is 12.1 Å². The number of carbonyl (C=O) groups is 1. The molecule has 1 aliphatic rings. The molecule has 4 nitrogen and oxygen atoms in total. The molecule has 1 aromatic carbocycles. The first-order valence-corrected chi connectivity index (χ1v) is 7.61. The number of benzene rings is 1. The van der Waals surface area contributed by atoms with Gasteiger partial charge in [0.25, 0.3) is 0 Å². The van der Waals surface area contributed by atoms with E-state index in [9.17, 15) is 4.79 Å². The maximum atomic E-state index is 11.7. The van der Waals surface area contributed by atoms with Gasteiger partial charge in [-0.05, 0) is 50.4 Å². The molecule has 0 N–H and O–H groups in total. The zero-order valence-corrected chi connectivity index (χ0v) is 13.2. The van der Waals surface area contributed by atoms with Crippen molar-refractivity contribution in [2.75, 3.05) is 20.2 Å². The summed E-state index contributed by atoms with van der Waals surface area (Å²) in [6.07, 6.45) is 1.58. The van der Waals surface area contributed by atoms with Gasteiger partial charge in [-0.2, -0.15) is 0 Å². The van der Waals surface area contributed by atoms with Crippen LogP contribution in [0.1, 0.15) is 32.3 Å². The van der Waals surface area contributed by atoms with E-state index in [1.807, 2.05) is 26.0 Å². The zero-order valence-electron chi connectivity index (χ0n) is 13.2. The fourth-order valence-corrected chi connectivity index (χ4v) is 2.80. The third-order valence-electron chi connectivity index (χ3n) is 3.73. The van der Waals surface area contributed by atoms with Crippen LogP contribution in [0.25, 0.3) is 0 Å². The van der Waals surface area contributed by atoms with Crippen LogP contribution >= 0.6 is 0 Å². The first-order chi connectivity index (χ1) is 10.1. The van der Waals surface area contributed by atoms with E-state index in [1.54, 1.807) is 7.11 Å². The number of hydrogen-bond acceptors (Lipinski definition) is 4. The molecule has 0 aliphatic carbocycles. The van der Waals surface area contributed by atoms with E-state index >= 15 is 0 Å². The Balaban J connectivity index is 1.80. The summed E-state index contributed by atoms with van der Waals surface area (Å²) in [5.74, 6) is 1.24. The number of carbonyl (C=O) groups excluding carboxylic acids is 1. The molecule has 0 saturated carbocycles. The summed E-state index contributed by atoms with van der Waals surface area (Å²) in [7, 11) is 1.69. The van der Waals surface area contributed by atoms with Crippen LogP contribution in [0, 0.1) is 5.92 Å². The highest BCUT2D eigenvalue weighted by molar-refractivity contribution is 5.69. The molecule has 21 heavy (non-hydrogen) atoms. The van der Waals surface area contributed by atoms with Crippen LogP contribution in [0.3, 0.4) is 0 Å². The number of hydrogen-bond donors (Lipinski definition) is 0. The summed E-state index contributed by atoms with van der Waals surface area (Å²) in [5.41, 5.74) is 1.25. The molecule has 1 unspecified atom stereocenters. The molecule has 1 saturated heterocycles.